The second-order valence-electron chi connectivity index (χ2n) is 4.35. The first-order valence-corrected chi connectivity index (χ1v) is 7.92. The molecule has 2 N–H and O–H groups in total. The fourth-order valence-electron chi connectivity index (χ4n) is 1.64. The number of nitrogens with one attached hydrogen (secondary N) is 2. The van der Waals surface area contributed by atoms with Crippen LogP contribution in [0.4, 0.5) is 5.69 Å². The van der Waals surface area contributed by atoms with Crippen LogP contribution in [-0.2, 0) is 16.6 Å². The third-order valence-corrected chi connectivity index (χ3v) is 4.22. The second-order valence-corrected chi connectivity index (χ2v) is 6.12. The number of anilines is 1. The van der Waals surface area contributed by atoms with E-state index in [4.69, 9.17) is 14.9 Å². The fraction of sp³-hybridized carbons (Fsp3) is 0.0667. The van der Waals surface area contributed by atoms with E-state index in [1.54, 1.807) is 24.3 Å². The van der Waals surface area contributed by atoms with Crippen LogP contribution in [0.2, 0.25) is 0 Å². The molecule has 0 bridgehead atoms. The molecule has 2 rings (SSSR count). The molecule has 0 amide bonds. The lowest BCUT2D eigenvalue weighted by Crippen LogP contribution is -2.22. The molecule has 7 nitrogen and oxygen atoms in total. The number of rotatable bonds is 6. The summed E-state index contributed by atoms with van der Waals surface area (Å²) in [6.45, 7) is 0.0613. The van der Waals surface area contributed by atoms with Crippen LogP contribution in [0.15, 0.2) is 63.7 Å². The number of nitriles is 2. The van der Waals surface area contributed by atoms with E-state index >= 15 is 0 Å². The largest absolute Gasteiger partial charge is 0.468 e. The van der Waals surface area contributed by atoms with Crippen molar-refractivity contribution in [3.05, 3.63) is 60.2 Å². The molecule has 116 valence electrons. The van der Waals surface area contributed by atoms with E-state index in [1.807, 2.05) is 0 Å². The van der Waals surface area contributed by atoms with Crippen LogP contribution < -0.4 is 10.0 Å². The summed E-state index contributed by atoms with van der Waals surface area (Å²) < 4.78 is 31.7. The summed E-state index contributed by atoms with van der Waals surface area (Å²) in [4.78, 5) is 0.0966. The van der Waals surface area contributed by atoms with Gasteiger partial charge >= 0.3 is 0 Å². The highest BCUT2D eigenvalue weighted by atomic mass is 32.2. The van der Waals surface area contributed by atoms with Gasteiger partial charge in [0.25, 0.3) is 0 Å². The number of sulfonamides is 1. The Balaban J connectivity index is 2.05. The summed E-state index contributed by atoms with van der Waals surface area (Å²) in [6.07, 6.45) is 2.72. The van der Waals surface area contributed by atoms with E-state index in [-0.39, 0.29) is 17.0 Å². The zero-order valence-electron chi connectivity index (χ0n) is 11.9. The van der Waals surface area contributed by atoms with E-state index < -0.39 is 10.0 Å². The average molecular weight is 328 g/mol. The van der Waals surface area contributed by atoms with Gasteiger partial charge in [-0.15, -0.1) is 0 Å². The summed E-state index contributed by atoms with van der Waals surface area (Å²) in [5.41, 5.74) is 0.472. The van der Waals surface area contributed by atoms with Crippen molar-refractivity contribution in [2.24, 2.45) is 0 Å². The maximum Gasteiger partial charge on any atom is 0.240 e. The van der Waals surface area contributed by atoms with Gasteiger partial charge < -0.3 is 9.73 Å². The molecule has 0 fully saturated rings. The Morgan fingerprint density at radius 1 is 1.17 bits per heavy atom. The first kappa shape index (κ1) is 16.3. The Kier molecular flexibility index (Phi) is 5.15. The highest BCUT2D eigenvalue weighted by Crippen LogP contribution is 2.15. The summed E-state index contributed by atoms with van der Waals surface area (Å²) in [6, 6.07) is 12.7. The summed E-state index contributed by atoms with van der Waals surface area (Å²) >= 11 is 0. The molecular weight excluding hydrogens is 316 g/mol. The van der Waals surface area contributed by atoms with Gasteiger partial charge in [-0.3, -0.25) is 0 Å². The highest BCUT2D eigenvalue weighted by molar-refractivity contribution is 7.89. The molecular formula is C15H12N4O3S. The third kappa shape index (κ3) is 4.45. The van der Waals surface area contributed by atoms with Crippen molar-refractivity contribution < 1.29 is 12.8 Å². The maximum absolute atomic E-state index is 12.1. The summed E-state index contributed by atoms with van der Waals surface area (Å²) in [5.74, 6) is 0.512. The van der Waals surface area contributed by atoms with Crippen LogP contribution in [0.25, 0.3) is 0 Å². The minimum absolute atomic E-state index is 0.0613. The van der Waals surface area contributed by atoms with Gasteiger partial charge in [0, 0.05) is 11.9 Å². The lowest BCUT2D eigenvalue weighted by Gasteiger charge is -2.06. The first-order valence-electron chi connectivity index (χ1n) is 6.44. The fourth-order valence-corrected chi connectivity index (χ4v) is 2.63. The van der Waals surface area contributed by atoms with Crippen molar-refractivity contribution >= 4 is 15.7 Å². The Morgan fingerprint density at radius 3 is 2.43 bits per heavy atom. The van der Waals surface area contributed by atoms with Crippen molar-refractivity contribution in [3.8, 4) is 12.1 Å². The molecule has 0 saturated carbocycles. The van der Waals surface area contributed by atoms with Crippen molar-refractivity contribution in [3.63, 3.8) is 0 Å². The Morgan fingerprint density at radius 2 is 1.87 bits per heavy atom. The Labute approximate surface area is 133 Å². The normalized spacial score (nSPS) is 10.3. The number of benzene rings is 1. The number of allylic oxidation sites excluding steroid dienone is 1. The predicted octanol–water partition coefficient (Wildman–Crippen LogP) is 2.10. The molecule has 0 aliphatic heterocycles. The SMILES string of the molecule is N#CC(C#N)=CNc1ccc(S(=O)(=O)NCc2ccco2)cc1. The molecule has 1 heterocycles. The summed E-state index contributed by atoms with van der Waals surface area (Å²) in [5, 5.41) is 20.0. The molecule has 0 aliphatic carbocycles. The minimum Gasteiger partial charge on any atom is -0.468 e. The van der Waals surface area contributed by atoms with Crippen molar-refractivity contribution in [1.29, 1.82) is 10.5 Å². The standard InChI is InChI=1S/C15H12N4O3S/c16-8-12(9-17)10-18-13-3-5-15(6-4-13)23(20,21)19-11-14-2-1-7-22-14/h1-7,10,18-19H,11H2. The van der Waals surface area contributed by atoms with Crippen LogP contribution in [0.1, 0.15) is 5.76 Å². The predicted molar refractivity (Wildman–Crippen MR) is 82.1 cm³/mol. The lowest BCUT2D eigenvalue weighted by molar-refractivity contribution is 0.498. The highest BCUT2D eigenvalue weighted by Gasteiger charge is 2.14. The molecule has 0 spiro atoms. The topological polar surface area (TPSA) is 119 Å². The van der Waals surface area contributed by atoms with E-state index in [2.05, 4.69) is 10.0 Å². The molecule has 0 unspecified atom stereocenters. The van der Waals surface area contributed by atoms with Gasteiger partial charge in [-0.25, -0.2) is 13.1 Å². The van der Waals surface area contributed by atoms with E-state index in [0.29, 0.717) is 11.4 Å². The van der Waals surface area contributed by atoms with Crippen molar-refractivity contribution in [1.82, 2.24) is 4.72 Å². The van der Waals surface area contributed by atoms with E-state index in [9.17, 15) is 8.42 Å². The van der Waals surface area contributed by atoms with Crippen LogP contribution >= 0.6 is 0 Å². The van der Waals surface area contributed by atoms with Crippen molar-refractivity contribution in [2.45, 2.75) is 11.4 Å². The number of hydrogen-bond donors (Lipinski definition) is 2. The van der Waals surface area contributed by atoms with Gasteiger partial charge in [-0.1, -0.05) is 0 Å². The van der Waals surface area contributed by atoms with E-state index in [1.165, 1.54) is 36.7 Å². The lowest BCUT2D eigenvalue weighted by atomic mass is 10.3. The smallest absolute Gasteiger partial charge is 0.240 e. The molecule has 0 aliphatic rings. The Hall–Kier alpha value is -3.07. The van der Waals surface area contributed by atoms with Crippen LogP contribution in [0, 0.1) is 22.7 Å². The maximum atomic E-state index is 12.1. The molecule has 0 saturated heterocycles. The monoisotopic (exact) mass is 328 g/mol. The molecule has 1 aromatic heterocycles. The van der Waals surface area contributed by atoms with Gasteiger partial charge in [-0.05, 0) is 36.4 Å². The molecule has 2 aromatic rings. The molecule has 0 atom stereocenters. The van der Waals surface area contributed by atoms with Gasteiger partial charge in [0.05, 0.1) is 17.7 Å². The van der Waals surface area contributed by atoms with Gasteiger partial charge in [0.2, 0.25) is 10.0 Å². The molecule has 0 radical (unpaired) electrons. The average Bonchev–Trinajstić information content (AvgIpc) is 3.08. The van der Waals surface area contributed by atoms with Gasteiger partial charge in [-0.2, -0.15) is 10.5 Å². The number of nitrogens with zero attached hydrogens (tertiary/aromatic N) is 2. The van der Waals surface area contributed by atoms with Gasteiger partial charge in [0.1, 0.15) is 23.5 Å². The molecule has 8 heteroatoms. The van der Waals surface area contributed by atoms with Crippen molar-refractivity contribution in [2.75, 3.05) is 5.32 Å². The van der Waals surface area contributed by atoms with Crippen LogP contribution in [0.3, 0.4) is 0 Å². The van der Waals surface area contributed by atoms with Crippen LogP contribution in [-0.4, -0.2) is 8.42 Å². The second kappa shape index (κ2) is 7.27. The first-order chi connectivity index (χ1) is 11.0. The zero-order valence-corrected chi connectivity index (χ0v) is 12.7. The van der Waals surface area contributed by atoms with Gasteiger partial charge in [0.15, 0.2) is 0 Å². The Bertz CT molecular complexity index is 854. The van der Waals surface area contributed by atoms with E-state index in [0.717, 1.165) is 0 Å². The molecule has 1 aromatic carbocycles. The van der Waals surface area contributed by atoms with Crippen LogP contribution in [0.5, 0.6) is 0 Å². The number of hydrogen-bond acceptors (Lipinski definition) is 6. The number of furan rings is 1. The zero-order chi connectivity index (χ0) is 16.7. The minimum atomic E-state index is -3.65. The summed E-state index contributed by atoms with van der Waals surface area (Å²) in [7, 11) is -3.65. The quantitative estimate of drug-likeness (QED) is 0.784. The third-order valence-electron chi connectivity index (χ3n) is 2.81. The molecule has 23 heavy (non-hydrogen) atoms.